The molecular formula is C11H19N3O. The van der Waals surface area contributed by atoms with Crippen molar-refractivity contribution in [2.75, 3.05) is 20.1 Å². The van der Waals surface area contributed by atoms with E-state index in [0.717, 1.165) is 6.54 Å². The van der Waals surface area contributed by atoms with Crippen LogP contribution < -0.4 is 11.3 Å². The van der Waals surface area contributed by atoms with Gasteiger partial charge < -0.3 is 15.2 Å². The van der Waals surface area contributed by atoms with Gasteiger partial charge in [-0.2, -0.15) is 0 Å². The highest BCUT2D eigenvalue weighted by Gasteiger charge is 2.06. The summed E-state index contributed by atoms with van der Waals surface area (Å²) in [5.41, 5.74) is 5.61. The van der Waals surface area contributed by atoms with Crippen molar-refractivity contribution in [3.8, 4) is 0 Å². The van der Waals surface area contributed by atoms with Crippen LogP contribution in [-0.4, -0.2) is 35.6 Å². The second-order valence-corrected chi connectivity index (χ2v) is 3.80. The zero-order chi connectivity index (χ0) is 11.3. The molecule has 1 rings (SSSR count). The first kappa shape index (κ1) is 11.9. The van der Waals surface area contributed by atoms with E-state index in [-0.39, 0.29) is 5.56 Å². The van der Waals surface area contributed by atoms with Crippen LogP contribution in [0.3, 0.4) is 0 Å². The van der Waals surface area contributed by atoms with Gasteiger partial charge in [0.25, 0.3) is 5.56 Å². The van der Waals surface area contributed by atoms with Gasteiger partial charge in [0.2, 0.25) is 0 Å². The van der Waals surface area contributed by atoms with Gasteiger partial charge in [-0.05, 0) is 20.0 Å². The molecule has 0 amide bonds. The molecule has 0 aliphatic rings. The van der Waals surface area contributed by atoms with Crippen molar-refractivity contribution < 1.29 is 0 Å². The third-order valence-electron chi connectivity index (χ3n) is 2.69. The molecule has 0 aliphatic carbocycles. The first-order chi connectivity index (χ1) is 7.15. The van der Waals surface area contributed by atoms with Gasteiger partial charge in [0.1, 0.15) is 0 Å². The molecule has 84 valence electrons. The summed E-state index contributed by atoms with van der Waals surface area (Å²) in [4.78, 5) is 13.5. The Kier molecular flexibility index (Phi) is 4.52. The molecule has 4 heteroatoms. The molecule has 0 aromatic carbocycles. The van der Waals surface area contributed by atoms with Crippen LogP contribution in [0.4, 0.5) is 0 Å². The van der Waals surface area contributed by atoms with E-state index < -0.39 is 0 Å². The van der Waals surface area contributed by atoms with Crippen molar-refractivity contribution in [3.63, 3.8) is 0 Å². The highest BCUT2D eigenvalue weighted by atomic mass is 16.1. The van der Waals surface area contributed by atoms with Gasteiger partial charge in [0.15, 0.2) is 0 Å². The molecule has 0 bridgehead atoms. The quantitative estimate of drug-likeness (QED) is 0.750. The van der Waals surface area contributed by atoms with Crippen LogP contribution >= 0.6 is 0 Å². The van der Waals surface area contributed by atoms with E-state index in [4.69, 9.17) is 5.73 Å². The fourth-order valence-electron chi connectivity index (χ4n) is 1.31. The molecule has 1 atom stereocenters. The maximum atomic E-state index is 11.4. The molecule has 0 spiro atoms. The minimum atomic E-state index is 0.0475. The van der Waals surface area contributed by atoms with Gasteiger partial charge in [-0.3, -0.25) is 4.79 Å². The number of rotatable bonds is 5. The third-order valence-corrected chi connectivity index (χ3v) is 2.69. The van der Waals surface area contributed by atoms with E-state index in [2.05, 4.69) is 11.8 Å². The molecule has 2 N–H and O–H groups in total. The van der Waals surface area contributed by atoms with Crippen LogP contribution in [0.2, 0.25) is 0 Å². The Bertz CT molecular complexity index is 348. The van der Waals surface area contributed by atoms with Gasteiger partial charge in [0, 0.05) is 37.9 Å². The molecule has 0 saturated carbocycles. The molecule has 1 unspecified atom stereocenters. The number of nitrogens with two attached hydrogens (primary N) is 1. The standard InChI is InChI=1S/C11H19N3O/c1-10(9-12)13(2)7-8-14-6-4-3-5-11(14)15/h3-6,10H,7-9,12H2,1-2H3. The molecular weight excluding hydrogens is 190 g/mol. The Balaban J connectivity index is 2.51. The monoisotopic (exact) mass is 209 g/mol. The second kappa shape index (κ2) is 5.68. The largest absolute Gasteiger partial charge is 0.329 e. The van der Waals surface area contributed by atoms with E-state index in [1.54, 1.807) is 16.7 Å². The SMILES string of the molecule is CC(CN)N(C)CCn1ccccc1=O. The minimum absolute atomic E-state index is 0.0475. The Morgan fingerprint density at radius 2 is 2.27 bits per heavy atom. The maximum Gasteiger partial charge on any atom is 0.250 e. The molecule has 15 heavy (non-hydrogen) atoms. The van der Waals surface area contributed by atoms with Crippen molar-refractivity contribution in [3.05, 3.63) is 34.7 Å². The lowest BCUT2D eigenvalue weighted by Gasteiger charge is -2.23. The van der Waals surface area contributed by atoms with Gasteiger partial charge in [-0.25, -0.2) is 0 Å². The summed E-state index contributed by atoms with van der Waals surface area (Å²) in [7, 11) is 2.02. The molecule has 1 aromatic rings. The van der Waals surface area contributed by atoms with Crippen molar-refractivity contribution in [2.45, 2.75) is 19.5 Å². The topological polar surface area (TPSA) is 51.3 Å². The Hall–Kier alpha value is -1.13. The fraction of sp³-hybridized carbons (Fsp3) is 0.545. The number of likely N-dealkylation sites (N-methyl/N-ethyl adjacent to an activating group) is 1. The summed E-state index contributed by atoms with van der Waals surface area (Å²) in [5.74, 6) is 0. The second-order valence-electron chi connectivity index (χ2n) is 3.80. The predicted octanol–water partition coefficient (Wildman–Crippen LogP) is 0.127. The van der Waals surface area contributed by atoms with E-state index in [0.29, 0.717) is 19.1 Å². The average Bonchev–Trinajstić information content (AvgIpc) is 2.26. The zero-order valence-electron chi connectivity index (χ0n) is 9.39. The van der Waals surface area contributed by atoms with E-state index in [1.807, 2.05) is 19.3 Å². The summed E-state index contributed by atoms with van der Waals surface area (Å²) < 4.78 is 1.71. The van der Waals surface area contributed by atoms with Crippen molar-refractivity contribution >= 4 is 0 Å². The van der Waals surface area contributed by atoms with E-state index >= 15 is 0 Å². The van der Waals surface area contributed by atoms with E-state index in [1.165, 1.54) is 0 Å². The average molecular weight is 209 g/mol. The Morgan fingerprint density at radius 1 is 1.53 bits per heavy atom. The number of hydrogen-bond acceptors (Lipinski definition) is 3. The smallest absolute Gasteiger partial charge is 0.250 e. The maximum absolute atomic E-state index is 11.4. The molecule has 0 fully saturated rings. The summed E-state index contributed by atoms with van der Waals surface area (Å²) in [6.07, 6.45) is 1.81. The van der Waals surface area contributed by atoms with Crippen LogP contribution in [0.5, 0.6) is 0 Å². The van der Waals surface area contributed by atoms with Gasteiger partial charge in [0.05, 0.1) is 0 Å². The number of pyridine rings is 1. The van der Waals surface area contributed by atoms with E-state index in [9.17, 15) is 4.79 Å². The first-order valence-corrected chi connectivity index (χ1v) is 5.21. The number of nitrogens with zero attached hydrogens (tertiary/aromatic N) is 2. The normalized spacial score (nSPS) is 13.1. The summed E-state index contributed by atoms with van der Waals surface area (Å²) in [6.45, 7) is 4.26. The summed E-state index contributed by atoms with van der Waals surface area (Å²) >= 11 is 0. The molecule has 1 aromatic heterocycles. The molecule has 0 aliphatic heterocycles. The van der Waals surface area contributed by atoms with Crippen molar-refractivity contribution in [1.29, 1.82) is 0 Å². The van der Waals surface area contributed by atoms with Crippen molar-refractivity contribution in [2.24, 2.45) is 5.73 Å². The highest BCUT2D eigenvalue weighted by molar-refractivity contribution is 4.93. The Labute approximate surface area is 90.3 Å². The summed E-state index contributed by atoms with van der Waals surface area (Å²) in [6, 6.07) is 5.55. The lowest BCUT2D eigenvalue weighted by molar-refractivity contribution is 0.251. The fourth-order valence-corrected chi connectivity index (χ4v) is 1.31. The van der Waals surface area contributed by atoms with Crippen LogP contribution in [0.1, 0.15) is 6.92 Å². The zero-order valence-corrected chi connectivity index (χ0v) is 9.39. The molecule has 1 heterocycles. The minimum Gasteiger partial charge on any atom is -0.329 e. The lowest BCUT2D eigenvalue weighted by atomic mass is 10.3. The van der Waals surface area contributed by atoms with Gasteiger partial charge >= 0.3 is 0 Å². The lowest BCUT2D eigenvalue weighted by Crippen LogP contribution is -2.38. The number of aromatic nitrogens is 1. The summed E-state index contributed by atoms with van der Waals surface area (Å²) in [5, 5.41) is 0. The highest BCUT2D eigenvalue weighted by Crippen LogP contribution is 1.93. The van der Waals surface area contributed by atoms with Crippen LogP contribution in [-0.2, 0) is 6.54 Å². The Morgan fingerprint density at radius 3 is 2.87 bits per heavy atom. The number of hydrogen-bond donors (Lipinski definition) is 1. The molecule has 0 saturated heterocycles. The van der Waals surface area contributed by atoms with Crippen LogP contribution in [0, 0.1) is 0 Å². The van der Waals surface area contributed by atoms with Crippen LogP contribution in [0.25, 0.3) is 0 Å². The van der Waals surface area contributed by atoms with Crippen LogP contribution in [0.15, 0.2) is 29.2 Å². The molecule has 0 radical (unpaired) electrons. The predicted molar refractivity (Wildman–Crippen MR) is 61.8 cm³/mol. The first-order valence-electron chi connectivity index (χ1n) is 5.21. The molecule has 4 nitrogen and oxygen atoms in total. The van der Waals surface area contributed by atoms with Gasteiger partial charge in [-0.15, -0.1) is 0 Å². The van der Waals surface area contributed by atoms with Gasteiger partial charge in [-0.1, -0.05) is 6.07 Å². The van der Waals surface area contributed by atoms with Crippen molar-refractivity contribution in [1.82, 2.24) is 9.47 Å². The third kappa shape index (κ3) is 3.49.